The molecule has 0 aliphatic rings. The second-order valence-electron chi connectivity index (χ2n) is 6.67. The Kier molecular flexibility index (Phi) is 7.04. The molecule has 0 saturated carbocycles. The Hall–Kier alpha value is -3.95. The van der Waals surface area contributed by atoms with Gasteiger partial charge in [0.1, 0.15) is 5.75 Å². The maximum absolute atomic E-state index is 12.7. The van der Waals surface area contributed by atoms with Crippen molar-refractivity contribution in [3.63, 3.8) is 0 Å². The topological polar surface area (TPSA) is 112 Å². The zero-order chi connectivity index (χ0) is 23.3. The lowest BCUT2D eigenvalue weighted by Gasteiger charge is -2.21. The zero-order valence-electron chi connectivity index (χ0n) is 17.6. The third-order valence-electron chi connectivity index (χ3n) is 4.39. The molecule has 0 fully saturated rings. The van der Waals surface area contributed by atoms with Gasteiger partial charge in [0, 0.05) is 0 Å². The van der Waals surface area contributed by atoms with Crippen molar-refractivity contribution in [2.24, 2.45) is 0 Å². The molecule has 1 aromatic heterocycles. The molecule has 0 radical (unpaired) electrons. The van der Waals surface area contributed by atoms with Crippen molar-refractivity contribution in [1.29, 1.82) is 10.5 Å². The minimum absolute atomic E-state index is 0.0373. The summed E-state index contributed by atoms with van der Waals surface area (Å²) in [5, 5.41) is 18.2. The fourth-order valence-electron chi connectivity index (χ4n) is 2.97. The van der Waals surface area contributed by atoms with Gasteiger partial charge in [0.05, 0.1) is 46.2 Å². The van der Waals surface area contributed by atoms with Gasteiger partial charge in [-0.15, -0.1) is 0 Å². The number of rotatable bonds is 5. The molecule has 0 saturated heterocycles. The van der Waals surface area contributed by atoms with Crippen LogP contribution in [0, 0.1) is 36.5 Å². The molecule has 0 atom stereocenters. The van der Waals surface area contributed by atoms with E-state index in [0.717, 1.165) is 11.1 Å². The molecule has 1 amide bonds. The smallest absolute Gasteiger partial charge is 0.421 e. The van der Waals surface area contributed by atoms with E-state index in [9.17, 15) is 4.79 Å². The molecule has 0 aliphatic heterocycles. The molecular formula is C23H18BrN5O3. The lowest BCUT2D eigenvalue weighted by atomic mass is 10.1. The number of benzene rings is 2. The Morgan fingerprint density at radius 2 is 1.72 bits per heavy atom. The first-order chi connectivity index (χ1) is 15.4. The van der Waals surface area contributed by atoms with Crippen molar-refractivity contribution >= 4 is 33.7 Å². The Balaban J connectivity index is 2.05. The lowest BCUT2D eigenvalue weighted by Crippen LogP contribution is -2.28. The summed E-state index contributed by atoms with van der Waals surface area (Å²) >= 11 is 3.38. The van der Waals surface area contributed by atoms with Crippen molar-refractivity contribution in [2.75, 3.05) is 11.5 Å². The number of halogens is 1. The summed E-state index contributed by atoms with van der Waals surface area (Å²) < 4.78 is 11.7. The van der Waals surface area contributed by atoms with E-state index in [1.54, 1.807) is 43.3 Å². The molecule has 2 aromatic carbocycles. The van der Waals surface area contributed by atoms with Gasteiger partial charge in [-0.25, -0.2) is 14.7 Å². The fraction of sp³-hybridized carbons (Fsp3) is 0.174. The SMILES string of the molecule is CCOC(=O)N(c1ccc(C#N)cc1)c1ncc(Br)c(Oc2c(C)cc(C#N)cc2C)n1. The number of ether oxygens (including phenoxy) is 2. The number of aromatic nitrogens is 2. The molecule has 32 heavy (non-hydrogen) atoms. The average molecular weight is 492 g/mol. The average Bonchev–Trinajstić information content (AvgIpc) is 2.78. The van der Waals surface area contributed by atoms with Crippen LogP contribution in [-0.2, 0) is 4.74 Å². The van der Waals surface area contributed by atoms with Crippen LogP contribution in [0.15, 0.2) is 47.1 Å². The summed E-state index contributed by atoms with van der Waals surface area (Å²) in [5.41, 5.74) is 2.95. The van der Waals surface area contributed by atoms with Gasteiger partial charge in [-0.1, -0.05) is 0 Å². The first-order valence-electron chi connectivity index (χ1n) is 9.56. The van der Waals surface area contributed by atoms with Gasteiger partial charge < -0.3 is 9.47 Å². The maximum Gasteiger partial charge on any atom is 0.421 e. The highest BCUT2D eigenvalue weighted by Gasteiger charge is 2.24. The summed E-state index contributed by atoms with van der Waals surface area (Å²) in [7, 11) is 0. The van der Waals surface area contributed by atoms with E-state index in [2.05, 4.69) is 32.0 Å². The van der Waals surface area contributed by atoms with Gasteiger partial charge in [-0.2, -0.15) is 15.5 Å². The van der Waals surface area contributed by atoms with Crippen molar-refractivity contribution in [1.82, 2.24) is 9.97 Å². The zero-order valence-corrected chi connectivity index (χ0v) is 19.2. The molecule has 0 aliphatic carbocycles. The lowest BCUT2D eigenvalue weighted by molar-refractivity contribution is 0.162. The van der Waals surface area contributed by atoms with Crippen molar-refractivity contribution in [3.8, 4) is 23.8 Å². The molecule has 1 heterocycles. The molecule has 0 N–H and O–H groups in total. The normalized spacial score (nSPS) is 10.1. The van der Waals surface area contributed by atoms with Gasteiger partial charge in [0.2, 0.25) is 11.8 Å². The third kappa shape index (κ3) is 4.85. The Bertz CT molecular complexity index is 1220. The van der Waals surface area contributed by atoms with Crippen LogP contribution in [0.5, 0.6) is 11.6 Å². The standard InChI is InChI=1S/C23H18BrN5O3/c1-4-31-23(30)29(18-7-5-16(11-25)6-8-18)22-27-13-19(24)21(28-22)32-20-14(2)9-17(12-26)10-15(20)3/h5-10,13H,4H2,1-3H3. The summed E-state index contributed by atoms with van der Waals surface area (Å²) in [6.45, 7) is 5.53. The van der Waals surface area contributed by atoms with E-state index in [0.29, 0.717) is 27.0 Å². The monoisotopic (exact) mass is 491 g/mol. The molecule has 3 rings (SSSR count). The number of aryl methyl sites for hydroxylation is 2. The van der Waals surface area contributed by atoms with Crippen LogP contribution >= 0.6 is 15.9 Å². The van der Waals surface area contributed by atoms with Crippen molar-refractivity contribution < 1.29 is 14.3 Å². The van der Waals surface area contributed by atoms with Crippen LogP contribution < -0.4 is 9.64 Å². The second-order valence-corrected chi connectivity index (χ2v) is 7.52. The highest BCUT2D eigenvalue weighted by molar-refractivity contribution is 9.10. The first kappa shape index (κ1) is 22.7. The molecular weight excluding hydrogens is 474 g/mol. The predicted octanol–water partition coefficient (Wildman–Crippen LogP) is 5.69. The van der Waals surface area contributed by atoms with E-state index in [1.807, 2.05) is 19.9 Å². The number of carbonyl (C=O) groups is 1. The van der Waals surface area contributed by atoms with Crippen LogP contribution in [0.25, 0.3) is 0 Å². The number of hydrogen-bond acceptors (Lipinski definition) is 7. The van der Waals surface area contributed by atoms with E-state index in [4.69, 9.17) is 20.0 Å². The van der Waals surface area contributed by atoms with E-state index in [1.165, 1.54) is 11.1 Å². The number of hydrogen-bond donors (Lipinski definition) is 0. The number of carbonyl (C=O) groups excluding carboxylic acids is 1. The van der Waals surface area contributed by atoms with Crippen LogP contribution in [0.4, 0.5) is 16.4 Å². The van der Waals surface area contributed by atoms with E-state index < -0.39 is 6.09 Å². The number of nitrogens with zero attached hydrogens (tertiary/aromatic N) is 5. The van der Waals surface area contributed by atoms with Gasteiger partial charge in [-0.3, -0.25) is 0 Å². The summed E-state index contributed by atoms with van der Waals surface area (Å²) in [6.07, 6.45) is 0.804. The van der Waals surface area contributed by atoms with E-state index in [-0.39, 0.29) is 18.4 Å². The number of anilines is 2. The summed E-state index contributed by atoms with van der Waals surface area (Å²) in [5.74, 6) is 0.777. The maximum atomic E-state index is 12.7. The van der Waals surface area contributed by atoms with Crippen LogP contribution in [0.1, 0.15) is 29.2 Å². The Morgan fingerprint density at radius 3 is 2.28 bits per heavy atom. The van der Waals surface area contributed by atoms with Gasteiger partial charge in [0.15, 0.2) is 0 Å². The minimum Gasteiger partial charge on any atom is -0.449 e. The number of nitriles is 2. The molecule has 8 nitrogen and oxygen atoms in total. The largest absolute Gasteiger partial charge is 0.449 e. The Morgan fingerprint density at radius 1 is 1.09 bits per heavy atom. The number of amides is 1. The first-order valence-corrected chi connectivity index (χ1v) is 10.4. The second kappa shape index (κ2) is 9.90. The highest BCUT2D eigenvalue weighted by Crippen LogP contribution is 2.34. The molecule has 0 spiro atoms. The highest BCUT2D eigenvalue weighted by atomic mass is 79.9. The Labute approximate surface area is 193 Å². The minimum atomic E-state index is -0.670. The predicted molar refractivity (Wildman–Crippen MR) is 121 cm³/mol. The molecule has 9 heteroatoms. The van der Waals surface area contributed by atoms with Gasteiger partial charge >= 0.3 is 6.09 Å². The summed E-state index contributed by atoms with van der Waals surface area (Å²) in [4.78, 5) is 22.6. The van der Waals surface area contributed by atoms with Crippen molar-refractivity contribution in [2.45, 2.75) is 20.8 Å². The fourth-order valence-corrected chi connectivity index (χ4v) is 3.24. The van der Waals surface area contributed by atoms with Gasteiger partial charge in [0.25, 0.3) is 0 Å². The summed E-state index contributed by atoms with van der Waals surface area (Å²) in [6, 6.07) is 14.0. The molecule has 160 valence electrons. The van der Waals surface area contributed by atoms with E-state index >= 15 is 0 Å². The van der Waals surface area contributed by atoms with Crippen molar-refractivity contribution in [3.05, 3.63) is 69.3 Å². The van der Waals surface area contributed by atoms with Crippen LogP contribution in [0.3, 0.4) is 0 Å². The van der Waals surface area contributed by atoms with Crippen LogP contribution in [0.2, 0.25) is 0 Å². The molecule has 0 unspecified atom stereocenters. The molecule has 0 bridgehead atoms. The molecule has 3 aromatic rings. The van der Waals surface area contributed by atoms with Gasteiger partial charge in [-0.05, 0) is 84.2 Å². The van der Waals surface area contributed by atoms with Crippen LogP contribution in [-0.4, -0.2) is 22.7 Å². The third-order valence-corrected chi connectivity index (χ3v) is 4.94. The quantitative estimate of drug-likeness (QED) is 0.450.